The number of H-pyrrole nitrogens is 1. The van der Waals surface area contributed by atoms with Crippen LogP contribution in [0.15, 0.2) is 65.7 Å². The van der Waals surface area contributed by atoms with Crippen LogP contribution in [0.2, 0.25) is 0 Å². The van der Waals surface area contributed by atoms with Crippen LogP contribution in [0.5, 0.6) is 17.4 Å². The van der Waals surface area contributed by atoms with Crippen LogP contribution in [-0.4, -0.2) is 48.4 Å². The van der Waals surface area contributed by atoms with Crippen molar-refractivity contribution in [2.75, 3.05) is 43.6 Å². The van der Waals surface area contributed by atoms with Crippen LogP contribution >= 0.6 is 0 Å². The number of anilines is 2. The number of nitrogens with one attached hydrogen (secondary N) is 2. The van der Waals surface area contributed by atoms with E-state index in [9.17, 15) is 4.79 Å². The van der Waals surface area contributed by atoms with Gasteiger partial charge in [-0.05, 0) is 35.9 Å². The first-order valence-electron chi connectivity index (χ1n) is 12.3. The number of fused-ring (bicyclic) bond motifs is 2. The number of aromatic nitrogens is 3. The molecule has 4 aromatic rings. The second kappa shape index (κ2) is 9.94. The minimum absolute atomic E-state index is 0.135. The lowest BCUT2D eigenvalue weighted by molar-refractivity contribution is 0.122. The van der Waals surface area contributed by atoms with E-state index in [0.717, 1.165) is 70.5 Å². The molecule has 6 rings (SSSR count). The van der Waals surface area contributed by atoms with E-state index < -0.39 is 0 Å². The van der Waals surface area contributed by atoms with Crippen molar-refractivity contribution in [3.05, 3.63) is 88.1 Å². The highest BCUT2D eigenvalue weighted by atomic mass is 16.5. The van der Waals surface area contributed by atoms with Crippen LogP contribution < -0.4 is 25.2 Å². The molecule has 0 radical (unpaired) electrons. The topological polar surface area (TPSA) is 102 Å². The molecule has 0 unspecified atom stereocenters. The fraction of sp³-hybridized carbons (Fsp3) is 0.250. The van der Waals surface area contributed by atoms with Gasteiger partial charge in [0.15, 0.2) is 0 Å². The number of ether oxygens (including phenoxy) is 3. The van der Waals surface area contributed by atoms with E-state index in [0.29, 0.717) is 25.6 Å². The molecule has 9 heteroatoms. The van der Waals surface area contributed by atoms with Crippen molar-refractivity contribution < 1.29 is 14.2 Å². The Labute approximate surface area is 214 Å². The zero-order valence-electron chi connectivity index (χ0n) is 20.5. The number of hydrogen-bond donors (Lipinski definition) is 2. The summed E-state index contributed by atoms with van der Waals surface area (Å²) < 4.78 is 17.0. The highest BCUT2D eigenvalue weighted by molar-refractivity contribution is 5.74. The predicted octanol–water partition coefficient (Wildman–Crippen LogP) is 3.99. The maximum absolute atomic E-state index is 12.6. The molecule has 2 aromatic carbocycles. The fourth-order valence-corrected chi connectivity index (χ4v) is 4.74. The van der Waals surface area contributed by atoms with E-state index in [1.165, 1.54) is 0 Å². The third kappa shape index (κ3) is 4.85. The molecule has 0 spiro atoms. The lowest BCUT2D eigenvalue weighted by atomic mass is 9.96. The zero-order chi connectivity index (χ0) is 25.2. The Hall–Kier alpha value is -4.37. The Morgan fingerprint density at radius 2 is 1.97 bits per heavy atom. The molecule has 2 aliphatic rings. The molecule has 0 saturated carbocycles. The minimum atomic E-state index is -0.135. The van der Waals surface area contributed by atoms with Crippen LogP contribution in [0.25, 0.3) is 11.3 Å². The Kier molecular flexibility index (Phi) is 6.20. The van der Waals surface area contributed by atoms with Crippen molar-refractivity contribution in [2.45, 2.75) is 13.0 Å². The number of hydrogen-bond acceptors (Lipinski definition) is 8. The molecular weight excluding hydrogens is 470 g/mol. The number of aromatic amines is 1. The quantitative estimate of drug-likeness (QED) is 0.363. The van der Waals surface area contributed by atoms with Gasteiger partial charge in [0.1, 0.15) is 11.5 Å². The largest absolute Gasteiger partial charge is 0.480 e. The number of nitrogens with zero attached hydrogens (tertiary/aromatic N) is 3. The number of para-hydroxylation sites is 1. The Morgan fingerprint density at radius 3 is 2.84 bits per heavy atom. The molecule has 1 fully saturated rings. The van der Waals surface area contributed by atoms with E-state index in [1.807, 2.05) is 30.3 Å². The van der Waals surface area contributed by atoms with Crippen molar-refractivity contribution >= 4 is 11.4 Å². The summed E-state index contributed by atoms with van der Waals surface area (Å²) in [6, 6.07) is 15.8. The molecule has 0 aliphatic carbocycles. The van der Waals surface area contributed by atoms with Gasteiger partial charge in [0.05, 0.1) is 50.6 Å². The monoisotopic (exact) mass is 497 g/mol. The highest BCUT2D eigenvalue weighted by Gasteiger charge is 2.22. The molecule has 0 amide bonds. The normalized spacial score (nSPS) is 14.4. The third-order valence-electron chi connectivity index (χ3n) is 6.59. The lowest BCUT2D eigenvalue weighted by Gasteiger charge is -2.29. The standard InChI is InChI=1S/C28H27N5O4/c1-35-27-17-29-15-21(31-27)16-30-20-5-6-25-19(12-20)11-18-3-2-4-23(28(18)37-25)24-13-22(14-26(34)32-24)33-7-9-36-10-8-33/h2-6,12-15,17,30H,7-11,16H2,1H3,(H,32,34). The Morgan fingerprint density at radius 1 is 1.08 bits per heavy atom. The summed E-state index contributed by atoms with van der Waals surface area (Å²) in [5, 5.41) is 3.40. The van der Waals surface area contributed by atoms with E-state index >= 15 is 0 Å². The average molecular weight is 498 g/mol. The highest BCUT2D eigenvalue weighted by Crippen LogP contribution is 2.43. The van der Waals surface area contributed by atoms with Gasteiger partial charge < -0.3 is 29.4 Å². The van der Waals surface area contributed by atoms with Gasteiger partial charge in [-0.25, -0.2) is 4.98 Å². The third-order valence-corrected chi connectivity index (χ3v) is 6.59. The van der Waals surface area contributed by atoms with Crippen LogP contribution in [0, 0.1) is 0 Å². The summed E-state index contributed by atoms with van der Waals surface area (Å²) >= 11 is 0. The number of pyridine rings is 1. The van der Waals surface area contributed by atoms with Crippen LogP contribution in [0.4, 0.5) is 11.4 Å². The number of morpholine rings is 1. The van der Waals surface area contributed by atoms with Crippen molar-refractivity contribution in [1.29, 1.82) is 0 Å². The van der Waals surface area contributed by atoms with Crippen LogP contribution in [0.3, 0.4) is 0 Å². The van der Waals surface area contributed by atoms with Gasteiger partial charge in [0.25, 0.3) is 0 Å². The first kappa shape index (κ1) is 23.1. The molecule has 2 aliphatic heterocycles. The molecule has 4 heterocycles. The van der Waals surface area contributed by atoms with Crippen molar-refractivity contribution in [2.24, 2.45) is 0 Å². The van der Waals surface area contributed by atoms with E-state index in [2.05, 4.69) is 37.3 Å². The lowest BCUT2D eigenvalue weighted by Crippen LogP contribution is -2.36. The van der Waals surface area contributed by atoms with E-state index in [4.69, 9.17) is 14.2 Å². The summed E-state index contributed by atoms with van der Waals surface area (Å²) in [6.45, 7) is 3.37. The molecule has 37 heavy (non-hydrogen) atoms. The van der Waals surface area contributed by atoms with Gasteiger partial charge in [-0.2, -0.15) is 0 Å². The number of benzene rings is 2. The first-order chi connectivity index (χ1) is 18.2. The first-order valence-corrected chi connectivity index (χ1v) is 12.3. The molecule has 9 nitrogen and oxygen atoms in total. The Bertz CT molecular complexity index is 1500. The van der Waals surface area contributed by atoms with Gasteiger partial charge in [-0.15, -0.1) is 0 Å². The molecule has 0 bridgehead atoms. The van der Waals surface area contributed by atoms with E-state index in [-0.39, 0.29) is 5.56 Å². The summed E-state index contributed by atoms with van der Waals surface area (Å²) in [5.41, 5.74) is 6.28. The van der Waals surface area contributed by atoms with Gasteiger partial charge in [-0.1, -0.05) is 12.1 Å². The van der Waals surface area contributed by atoms with Crippen LogP contribution in [-0.2, 0) is 17.7 Å². The van der Waals surface area contributed by atoms with Crippen molar-refractivity contribution in [3.63, 3.8) is 0 Å². The average Bonchev–Trinajstić information content (AvgIpc) is 2.95. The van der Waals surface area contributed by atoms with Gasteiger partial charge in [0, 0.05) is 48.1 Å². The number of rotatable bonds is 6. The van der Waals surface area contributed by atoms with Crippen molar-refractivity contribution in [3.8, 4) is 28.6 Å². The summed E-state index contributed by atoms with van der Waals surface area (Å²) in [7, 11) is 1.58. The summed E-state index contributed by atoms with van der Waals surface area (Å²) in [5.74, 6) is 2.07. The maximum atomic E-state index is 12.6. The predicted molar refractivity (Wildman–Crippen MR) is 141 cm³/mol. The minimum Gasteiger partial charge on any atom is -0.480 e. The SMILES string of the molecule is COc1cncc(CNc2ccc3c(c2)Cc2cccc(-c4cc(N5CCOCC5)cc(=O)[nH]4)c2O3)n1. The molecule has 2 aromatic heterocycles. The number of methoxy groups -OCH3 is 1. The maximum Gasteiger partial charge on any atom is 0.250 e. The smallest absolute Gasteiger partial charge is 0.250 e. The van der Waals surface area contributed by atoms with Crippen molar-refractivity contribution in [1.82, 2.24) is 15.0 Å². The molecule has 188 valence electrons. The molecule has 2 N–H and O–H groups in total. The second-order valence-electron chi connectivity index (χ2n) is 9.02. The molecular formula is C28H27N5O4. The molecule has 0 atom stereocenters. The molecule has 1 saturated heterocycles. The van der Waals surface area contributed by atoms with E-state index in [1.54, 1.807) is 25.6 Å². The summed E-state index contributed by atoms with van der Waals surface area (Å²) in [6.07, 6.45) is 4.02. The summed E-state index contributed by atoms with van der Waals surface area (Å²) in [4.78, 5) is 26.3. The van der Waals surface area contributed by atoms with Gasteiger partial charge >= 0.3 is 0 Å². The van der Waals surface area contributed by atoms with Gasteiger partial charge in [0.2, 0.25) is 11.4 Å². The van der Waals surface area contributed by atoms with Crippen LogP contribution in [0.1, 0.15) is 16.8 Å². The Balaban J connectivity index is 1.25. The van der Waals surface area contributed by atoms with Gasteiger partial charge in [-0.3, -0.25) is 9.78 Å². The zero-order valence-corrected chi connectivity index (χ0v) is 20.5. The fourth-order valence-electron chi connectivity index (χ4n) is 4.74. The second-order valence-corrected chi connectivity index (χ2v) is 9.02.